The van der Waals surface area contributed by atoms with Gasteiger partial charge >= 0.3 is 0 Å². The minimum atomic E-state index is 0.0150. The highest BCUT2D eigenvalue weighted by molar-refractivity contribution is 6.30. The Kier molecular flexibility index (Phi) is 2.69. The lowest BCUT2D eigenvalue weighted by molar-refractivity contribution is -0.387. The van der Waals surface area contributed by atoms with Gasteiger partial charge in [0, 0.05) is 11.9 Å². The monoisotopic (exact) mass is 220 g/mol. The van der Waals surface area contributed by atoms with E-state index in [9.17, 15) is 4.79 Å². The maximum Gasteiger partial charge on any atom is 0.183 e. The first kappa shape index (κ1) is 10.1. The minimum absolute atomic E-state index is 0.0150. The molecule has 3 heteroatoms. The number of carbonyl (C=O) groups excluding carboxylic acids is 1. The standard InChI is InChI=1S/C12H10ClNO/c1-8-12(7-15)11(6-14-8)9-3-2-4-10(13)5-9/h2-7,11H,1H3/p+1. The van der Waals surface area contributed by atoms with E-state index in [0.717, 1.165) is 23.1 Å². The smallest absolute Gasteiger partial charge is 0.183 e. The van der Waals surface area contributed by atoms with E-state index < -0.39 is 0 Å². The molecule has 1 aromatic rings. The summed E-state index contributed by atoms with van der Waals surface area (Å²) in [6.07, 6.45) is 2.81. The van der Waals surface area contributed by atoms with Crippen molar-refractivity contribution in [2.45, 2.75) is 12.8 Å². The van der Waals surface area contributed by atoms with Crippen molar-refractivity contribution in [3.8, 4) is 0 Å². The first-order valence-corrected chi connectivity index (χ1v) is 5.11. The SMILES string of the molecule is CC1=C(C=O)C(c2cccc(Cl)c2)C=[NH+]1. The van der Waals surface area contributed by atoms with Gasteiger partial charge in [0.2, 0.25) is 0 Å². The lowest BCUT2D eigenvalue weighted by atomic mass is 9.94. The summed E-state index contributed by atoms with van der Waals surface area (Å²) in [5, 5.41) is 0.690. The maximum atomic E-state index is 10.9. The molecule has 1 aromatic carbocycles. The molecule has 1 unspecified atom stereocenters. The lowest BCUT2D eigenvalue weighted by Gasteiger charge is -2.05. The summed E-state index contributed by atoms with van der Waals surface area (Å²) in [6.45, 7) is 1.89. The number of hydrogen-bond donors (Lipinski definition) is 1. The number of carbonyl (C=O) groups is 1. The Morgan fingerprint density at radius 1 is 1.47 bits per heavy atom. The molecule has 1 aliphatic heterocycles. The molecule has 1 heterocycles. The lowest BCUT2D eigenvalue weighted by Crippen LogP contribution is -2.63. The summed E-state index contributed by atoms with van der Waals surface area (Å²) < 4.78 is 0. The first-order valence-electron chi connectivity index (χ1n) is 4.73. The highest BCUT2D eigenvalue weighted by Crippen LogP contribution is 2.25. The minimum Gasteiger partial charge on any atom is -0.298 e. The Balaban J connectivity index is 2.41. The average molecular weight is 221 g/mol. The quantitative estimate of drug-likeness (QED) is 0.743. The fourth-order valence-corrected chi connectivity index (χ4v) is 1.95. The molecule has 0 aliphatic carbocycles. The number of nitrogens with one attached hydrogen (secondary N) is 1. The van der Waals surface area contributed by atoms with Crippen LogP contribution in [-0.4, -0.2) is 12.5 Å². The predicted octanol–water partition coefficient (Wildman–Crippen LogP) is 1.06. The Labute approximate surface area is 93.3 Å². The van der Waals surface area contributed by atoms with Gasteiger partial charge in [-0.15, -0.1) is 0 Å². The molecule has 2 rings (SSSR count). The summed E-state index contributed by atoms with van der Waals surface area (Å²) in [5.74, 6) is 0.0150. The van der Waals surface area contributed by atoms with E-state index in [1.807, 2.05) is 37.4 Å². The first-order chi connectivity index (χ1) is 7.22. The van der Waals surface area contributed by atoms with Crippen LogP contribution in [0.3, 0.4) is 0 Å². The van der Waals surface area contributed by atoms with Crippen molar-refractivity contribution in [2.75, 3.05) is 0 Å². The Bertz CT molecular complexity index is 462. The van der Waals surface area contributed by atoms with Gasteiger partial charge in [-0.2, -0.15) is 0 Å². The van der Waals surface area contributed by atoms with E-state index in [-0.39, 0.29) is 5.92 Å². The third-order valence-corrected chi connectivity index (χ3v) is 2.80. The average Bonchev–Trinajstić information content (AvgIpc) is 2.59. The Morgan fingerprint density at radius 3 is 2.93 bits per heavy atom. The van der Waals surface area contributed by atoms with Gasteiger partial charge in [-0.3, -0.25) is 4.79 Å². The van der Waals surface area contributed by atoms with Crippen molar-refractivity contribution in [1.29, 1.82) is 0 Å². The third kappa shape index (κ3) is 1.85. The van der Waals surface area contributed by atoms with E-state index >= 15 is 0 Å². The molecule has 0 spiro atoms. The van der Waals surface area contributed by atoms with Crippen LogP contribution in [0.4, 0.5) is 0 Å². The van der Waals surface area contributed by atoms with Crippen LogP contribution in [0, 0.1) is 0 Å². The Hall–Kier alpha value is -1.41. The summed E-state index contributed by atoms with van der Waals surface area (Å²) in [4.78, 5) is 14.0. The molecule has 0 saturated carbocycles. The number of aldehydes is 1. The largest absolute Gasteiger partial charge is 0.298 e. The summed E-state index contributed by atoms with van der Waals surface area (Å²) in [5.41, 5.74) is 2.72. The summed E-state index contributed by atoms with van der Waals surface area (Å²) >= 11 is 5.91. The van der Waals surface area contributed by atoms with E-state index in [4.69, 9.17) is 11.6 Å². The van der Waals surface area contributed by atoms with Crippen LogP contribution in [0.1, 0.15) is 18.4 Å². The topological polar surface area (TPSA) is 31.0 Å². The second-order valence-corrected chi connectivity index (χ2v) is 3.98. The fraction of sp³-hybridized carbons (Fsp3) is 0.167. The van der Waals surface area contributed by atoms with Gasteiger partial charge in [-0.05, 0) is 17.7 Å². The normalized spacial score (nSPS) is 19.7. The second kappa shape index (κ2) is 3.99. The molecule has 1 N–H and O–H groups in total. The van der Waals surface area contributed by atoms with Gasteiger partial charge in [0.05, 0.1) is 11.5 Å². The summed E-state index contributed by atoms with van der Waals surface area (Å²) in [7, 11) is 0. The summed E-state index contributed by atoms with van der Waals surface area (Å²) in [6, 6.07) is 7.56. The van der Waals surface area contributed by atoms with E-state index in [1.54, 1.807) is 0 Å². The second-order valence-electron chi connectivity index (χ2n) is 3.54. The highest BCUT2D eigenvalue weighted by atomic mass is 35.5. The molecule has 1 aliphatic rings. The van der Waals surface area contributed by atoms with Crippen LogP contribution < -0.4 is 4.99 Å². The van der Waals surface area contributed by atoms with Crippen LogP contribution in [-0.2, 0) is 4.79 Å². The van der Waals surface area contributed by atoms with Crippen molar-refractivity contribution >= 4 is 24.1 Å². The molecule has 76 valence electrons. The highest BCUT2D eigenvalue weighted by Gasteiger charge is 2.26. The number of halogens is 1. The van der Waals surface area contributed by atoms with Crippen molar-refractivity contribution in [1.82, 2.24) is 0 Å². The van der Waals surface area contributed by atoms with Crippen LogP contribution in [0.2, 0.25) is 5.02 Å². The zero-order valence-electron chi connectivity index (χ0n) is 8.33. The molecule has 2 nitrogen and oxygen atoms in total. The van der Waals surface area contributed by atoms with Crippen molar-refractivity contribution in [3.05, 3.63) is 46.1 Å². The van der Waals surface area contributed by atoms with Gasteiger partial charge in [-0.25, -0.2) is 4.99 Å². The van der Waals surface area contributed by atoms with Crippen LogP contribution in [0.25, 0.3) is 0 Å². The molecule has 0 aromatic heterocycles. The number of rotatable bonds is 2. The molecule has 0 bridgehead atoms. The third-order valence-electron chi connectivity index (χ3n) is 2.57. The van der Waals surface area contributed by atoms with Crippen LogP contribution in [0.5, 0.6) is 0 Å². The van der Waals surface area contributed by atoms with Crippen molar-refractivity contribution < 1.29 is 9.79 Å². The molecule has 0 saturated heterocycles. The zero-order chi connectivity index (χ0) is 10.8. The molecule has 0 fully saturated rings. The fourth-order valence-electron chi connectivity index (χ4n) is 1.75. The molecule has 0 radical (unpaired) electrons. The van der Waals surface area contributed by atoms with Crippen LogP contribution in [0.15, 0.2) is 35.5 Å². The number of allylic oxidation sites excluding steroid dienone is 2. The Morgan fingerprint density at radius 2 is 2.27 bits per heavy atom. The molecule has 1 atom stereocenters. The predicted molar refractivity (Wildman–Crippen MR) is 60.0 cm³/mol. The van der Waals surface area contributed by atoms with Crippen LogP contribution >= 0.6 is 11.6 Å². The van der Waals surface area contributed by atoms with Gasteiger partial charge < -0.3 is 0 Å². The molecule has 15 heavy (non-hydrogen) atoms. The van der Waals surface area contributed by atoms with Crippen molar-refractivity contribution in [2.24, 2.45) is 0 Å². The van der Waals surface area contributed by atoms with Gasteiger partial charge in [0.1, 0.15) is 0 Å². The number of benzene rings is 1. The van der Waals surface area contributed by atoms with Gasteiger partial charge in [-0.1, -0.05) is 23.7 Å². The number of hydrogen-bond acceptors (Lipinski definition) is 1. The van der Waals surface area contributed by atoms with Crippen molar-refractivity contribution in [3.63, 3.8) is 0 Å². The molecule has 0 amide bonds. The van der Waals surface area contributed by atoms with E-state index in [2.05, 4.69) is 4.99 Å². The zero-order valence-corrected chi connectivity index (χ0v) is 9.08. The maximum absolute atomic E-state index is 10.9. The van der Waals surface area contributed by atoms with E-state index in [0.29, 0.717) is 5.02 Å². The van der Waals surface area contributed by atoms with E-state index in [1.165, 1.54) is 0 Å². The molecular weight excluding hydrogens is 210 g/mol. The van der Waals surface area contributed by atoms with Gasteiger partial charge in [0.25, 0.3) is 0 Å². The van der Waals surface area contributed by atoms with Gasteiger partial charge in [0.15, 0.2) is 18.2 Å². The molecular formula is C12H11ClNO+.